The first-order chi connectivity index (χ1) is 5.61. The molecular weight excluding hydrogens is 146 g/mol. The summed E-state index contributed by atoms with van der Waals surface area (Å²) in [5.74, 6) is 1.81. The van der Waals surface area contributed by atoms with Crippen LogP contribution in [-0.4, -0.2) is 24.0 Å². The fourth-order valence-corrected chi connectivity index (χ4v) is 2.01. The molecule has 1 fully saturated rings. The molecule has 1 saturated heterocycles. The van der Waals surface area contributed by atoms with Crippen LogP contribution in [0, 0.1) is 11.8 Å². The van der Waals surface area contributed by atoms with E-state index < -0.39 is 0 Å². The van der Waals surface area contributed by atoms with Crippen LogP contribution in [0.2, 0.25) is 0 Å². The first kappa shape index (κ1) is 10.0. The zero-order chi connectivity index (χ0) is 9.14. The van der Waals surface area contributed by atoms with Crippen LogP contribution in [0.4, 0.5) is 0 Å². The second-order valence-electron chi connectivity index (χ2n) is 4.69. The molecule has 0 spiro atoms. The van der Waals surface area contributed by atoms with E-state index in [2.05, 4.69) is 32.6 Å². The van der Waals surface area contributed by atoms with Crippen molar-refractivity contribution in [1.29, 1.82) is 0 Å². The van der Waals surface area contributed by atoms with Crippen LogP contribution in [0.3, 0.4) is 0 Å². The molecule has 0 N–H and O–H groups in total. The van der Waals surface area contributed by atoms with Crippen molar-refractivity contribution >= 4 is 0 Å². The Hall–Kier alpha value is -0.0400. The molecule has 0 saturated carbocycles. The predicted octanol–water partition coefficient (Wildman–Crippen LogP) is 2.76. The van der Waals surface area contributed by atoms with Crippen LogP contribution >= 0.6 is 0 Å². The van der Waals surface area contributed by atoms with Gasteiger partial charge in [0, 0.05) is 12.6 Å². The normalized spacial score (nSPS) is 33.8. The lowest BCUT2D eigenvalue weighted by atomic mass is 9.93. The van der Waals surface area contributed by atoms with E-state index in [-0.39, 0.29) is 0 Å². The molecule has 1 nitrogen and oxygen atoms in total. The number of rotatable bonds is 1. The number of likely N-dealkylation sites (tertiary alicyclic amines) is 1. The minimum absolute atomic E-state index is 0.734. The molecule has 0 bridgehead atoms. The van der Waals surface area contributed by atoms with Crippen molar-refractivity contribution in [2.75, 3.05) is 13.1 Å². The number of nitrogens with zero attached hydrogens (tertiary/aromatic N) is 1. The molecule has 0 aromatic carbocycles. The van der Waals surface area contributed by atoms with E-state index in [1.807, 2.05) is 0 Å². The summed E-state index contributed by atoms with van der Waals surface area (Å²) in [6.07, 6.45) is 2.81. The minimum Gasteiger partial charge on any atom is -0.301 e. The Labute approximate surface area is 77.1 Å². The lowest BCUT2D eigenvalue weighted by Crippen LogP contribution is -2.34. The van der Waals surface area contributed by atoms with E-state index >= 15 is 0 Å². The third-order valence-electron chi connectivity index (χ3n) is 3.33. The van der Waals surface area contributed by atoms with E-state index in [1.165, 1.54) is 25.9 Å². The van der Waals surface area contributed by atoms with Gasteiger partial charge in [-0.25, -0.2) is 0 Å². The second-order valence-corrected chi connectivity index (χ2v) is 4.69. The molecule has 0 aromatic heterocycles. The first-order valence-corrected chi connectivity index (χ1v) is 5.35. The van der Waals surface area contributed by atoms with Gasteiger partial charge in [-0.15, -0.1) is 0 Å². The molecule has 0 aliphatic carbocycles. The van der Waals surface area contributed by atoms with Gasteiger partial charge in [0.25, 0.3) is 0 Å². The lowest BCUT2D eigenvalue weighted by molar-refractivity contribution is 0.197. The highest BCUT2D eigenvalue weighted by molar-refractivity contribution is 4.74. The van der Waals surface area contributed by atoms with E-state index in [1.54, 1.807) is 0 Å². The number of hydrogen-bond acceptors (Lipinski definition) is 1. The average Bonchev–Trinajstić information content (AvgIpc) is 2.15. The SMILES string of the molecule is CC(C)N1CCC[C@@H](C)[C@@H](C)C1. The predicted molar refractivity (Wildman–Crippen MR) is 54.3 cm³/mol. The van der Waals surface area contributed by atoms with Gasteiger partial charge < -0.3 is 4.90 Å². The summed E-state index contributed by atoms with van der Waals surface area (Å²) in [5, 5.41) is 0. The van der Waals surface area contributed by atoms with E-state index in [0.29, 0.717) is 0 Å². The minimum atomic E-state index is 0.734. The summed E-state index contributed by atoms with van der Waals surface area (Å²) in [7, 11) is 0. The maximum atomic E-state index is 2.62. The van der Waals surface area contributed by atoms with Gasteiger partial charge in [0.15, 0.2) is 0 Å². The molecule has 0 aromatic rings. The van der Waals surface area contributed by atoms with Gasteiger partial charge in [0.2, 0.25) is 0 Å². The summed E-state index contributed by atoms with van der Waals surface area (Å²) in [4.78, 5) is 2.62. The molecule has 1 aliphatic rings. The fourth-order valence-electron chi connectivity index (χ4n) is 2.01. The van der Waals surface area contributed by atoms with Crippen LogP contribution in [-0.2, 0) is 0 Å². The molecule has 0 unspecified atom stereocenters. The fraction of sp³-hybridized carbons (Fsp3) is 1.00. The molecule has 12 heavy (non-hydrogen) atoms. The first-order valence-electron chi connectivity index (χ1n) is 5.35. The smallest absolute Gasteiger partial charge is 0.00387 e. The van der Waals surface area contributed by atoms with Gasteiger partial charge in [0.05, 0.1) is 0 Å². The summed E-state index contributed by atoms with van der Waals surface area (Å²) in [6.45, 7) is 12.0. The molecule has 1 aliphatic heterocycles. The van der Waals surface area contributed by atoms with Crippen LogP contribution in [0.25, 0.3) is 0 Å². The van der Waals surface area contributed by atoms with Gasteiger partial charge in [-0.1, -0.05) is 13.8 Å². The van der Waals surface area contributed by atoms with Gasteiger partial charge in [-0.05, 0) is 45.1 Å². The highest BCUT2D eigenvalue weighted by atomic mass is 15.1. The Balaban J connectivity index is 2.48. The quantitative estimate of drug-likeness (QED) is 0.583. The Morgan fingerprint density at radius 1 is 1.17 bits per heavy atom. The van der Waals surface area contributed by atoms with Crippen molar-refractivity contribution in [2.45, 2.75) is 46.6 Å². The molecular formula is C11H23N. The van der Waals surface area contributed by atoms with E-state index in [4.69, 9.17) is 0 Å². The second kappa shape index (κ2) is 4.27. The van der Waals surface area contributed by atoms with Gasteiger partial charge >= 0.3 is 0 Å². The van der Waals surface area contributed by atoms with Crippen molar-refractivity contribution in [3.05, 3.63) is 0 Å². The van der Waals surface area contributed by atoms with Crippen LogP contribution in [0.1, 0.15) is 40.5 Å². The highest BCUT2D eigenvalue weighted by Crippen LogP contribution is 2.23. The van der Waals surface area contributed by atoms with E-state index in [0.717, 1.165) is 17.9 Å². The zero-order valence-corrected chi connectivity index (χ0v) is 9.01. The third-order valence-corrected chi connectivity index (χ3v) is 3.33. The van der Waals surface area contributed by atoms with Crippen LogP contribution in [0.15, 0.2) is 0 Å². The molecule has 2 atom stereocenters. The van der Waals surface area contributed by atoms with Crippen LogP contribution in [0.5, 0.6) is 0 Å². The number of hydrogen-bond donors (Lipinski definition) is 0. The summed E-state index contributed by atoms with van der Waals surface area (Å²) >= 11 is 0. The highest BCUT2D eigenvalue weighted by Gasteiger charge is 2.21. The molecule has 0 amide bonds. The monoisotopic (exact) mass is 169 g/mol. The van der Waals surface area contributed by atoms with E-state index in [9.17, 15) is 0 Å². The Kier molecular flexibility index (Phi) is 3.57. The molecule has 1 heteroatoms. The Morgan fingerprint density at radius 3 is 2.42 bits per heavy atom. The summed E-state index contributed by atoms with van der Waals surface area (Å²) < 4.78 is 0. The Morgan fingerprint density at radius 2 is 1.83 bits per heavy atom. The summed E-state index contributed by atoms with van der Waals surface area (Å²) in [5.41, 5.74) is 0. The average molecular weight is 169 g/mol. The van der Waals surface area contributed by atoms with Crippen molar-refractivity contribution in [3.8, 4) is 0 Å². The summed E-state index contributed by atoms with van der Waals surface area (Å²) in [6, 6.07) is 0.734. The maximum absolute atomic E-state index is 2.62. The van der Waals surface area contributed by atoms with Gasteiger partial charge in [0.1, 0.15) is 0 Å². The van der Waals surface area contributed by atoms with Gasteiger partial charge in [-0.3, -0.25) is 0 Å². The third kappa shape index (κ3) is 2.48. The maximum Gasteiger partial charge on any atom is 0.00387 e. The van der Waals surface area contributed by atoms with Gasteiger partial charge in [-0.2, -0.15) is 0 Å². The molecule has 72 valence electrons. The Bertz CT molecular complexity index is 131. The van der Waals surface area contributed by atoms with Crippen molar-refractivity contribution < 1.29 is 0 Å². The van der Waals surface area contributed by atoms with Crippen molar-refractivity contribution in [2.24, 2.45) is 11.8 Å². The molecule has 0 radical (unpaired) electrons. The lowest BCUT2D eigenvalue weighted by Gasteiger charge is -2.27. The van der Waals surface area contributed by atoms with Crippen molar-refractivity contribution in [3.63, 3.8) is 0 Å². The largest absolute Gasteiger partial charge is 0.301 e. The van der Waals surface area contributed by atoms with Crippen LogP contribution < -0.4 is 0 Å². The zero-order valence-electron chi connectivity index (χ0n) is 9.01. The standard InChI is InChI=1S/C11H23N/c1-9(2)12-7-5-6-10(3)11(4)8-12/h9-11H,5-8H2,1-4H3/t10-,11+/m1/s1. The molecule has 1 heterocycles. The molecule has 1 rings (SSSR count). The topological polar surface area (TPSA) is 3.24 Å². The van der Waals surface area contributed by atoms with Crippen molar-refractivity contribution in [1.82, 2.24) is 4.90 Å².